The number of nitrogens with one attached hydrogen (secondary N) is 1. The van der Waals surface area contributed by atoms with E-state index in [0.29, 0.717) is 29.8 Å². The molecule has 1 amide bonds. The van der Waals surface area contributed by atoms with E-state index >= 15 is 0 Å². The van der Waals surface area contributed by atoms with Gasteiger partial charge >= 0.3 is 0 Å². The van der Waals surface area contributed by atoms with E-state index in [9.17, 15) is 4.79 Å². The Balaban J connectivity index is 1.93. The molecule has 25 heavy (non-hydrogen) atoms. The van der Waals surface area contributed by atoms with Gasteiger partial charge in [-0.3, -0.25) is 4.79 Å². The minimum absolute atomic E-state index is 0.194. The summed E-state index contributed by atoms with van der Waals surface area (Å²) in [5, 5.41) is 3.22. The summed E-state index contributed by atoms with van der Waals surface area (Å²) in [6.07, 6.45) is 5.76. The maximum Gasteiger partial charge on any atom is 0.244 e. The van der Waals surface area contributed by atoms with Gasteiger partial charge in [0.05, 0.1) is 13.7 Å². The number of carbonyl (C=O) groups excluding carboxylic acids is 1. The first-order chi connectivity index (χ1) is 12.1. The van der Waals surface area contributed by atoms with Crippen molar-refractivity contribution in [3.8, 4) is 11.5 Å². The van der Waals surface area contributed by atoms with Gasteiger partial charge in [0.1, 0.15) is 5.15 Å². The highest BCUT2D eigenvalue weighted by molar-refractivity contribution is 6.29. The number of methoxy groups -OCH3 is 1. The second kappa shape index (κ2) is 9.69. The number of benzene rings is 1. The molecule has 1 N–H and O–H groups in total. The summed E-state index contributed by atoms with van der Waals surface area (Å²) in [6, 6.07) is 9.05. The molecule has 6 heteroatoms. The Labute approximate surface area is 152 Å². The number of pyridine rings is 1. The van der Waals surface area contributed by atoms with E-state index in [0.717, 1.165) is 17.5 Å². The molecule has 1 heterocycles. The maximum atomic E-state index is 11.9. The van der Waals surface area contributed by atoms with E-state index < -0.39 is 0 Å². The van der Waals surface area contributed by atoms with Crippen LogP contribution in [0.1, 0.15) is 24.5 Å². The zero-order valence-corrected chi connectivity index (χ0v) is 15.0. The third kappa shape index (κ3) is 6.12. The van der Waals surface area contributed by atoms with E-state index in [1.54, 1.807) is 25.4 Å². The molecule has 0 unspecified atom stereocenters. The lowest BCUT2D eigenvalue weighted by Crippen LogP contribution is -2.20. The molecule has 2 aromatic rings. The molecule has 0 fully saturated rings. The van der Waals surface area contributed by atoms with Crippen LogP contribution in [0, 0.1) is 0 Å². The van der Waals surface area contributed by atoms with Gasteiger partial charge < -0.3 is 14.8 Å². The van der Waals surface area contributed by atoms with E-state index in [-0.39, 0.29) is 5.91 Å². The topological polar surface area (TPSA) is 60.5 Å². The fourth-order valence-electron chi connectivity index (χ4n) is 2.05. The van der Waals surface area contributed by atoms with Gasteiger partial charge in [-0.15, -0.1) is 0 Å². The Bertz CT molecular complexity index is 730. The van der Waals surface area contributed by atoms with Crippen molar-refractivity contribution in [2.24, 2.45) is 0 Å². The van der Waals surface area contributed by atoms with Crippen LogP contribution in [0.25, 0.3) is 6.08 Å². The van der Waals surface area contributed by atoms with Crippen LogP contribution < -0.4 is 14.8 Å². The number of halogens is 1. The first-order valence-electron chi connectivity index (χ1n) is 7.99. The molecule has 2 rings (SSSR count). The van der Waals surface area contributed by atoms with E-state index in [1.165, 1.54) is 6.08 Å². The number of hydrogen-bond donors (Lipinski definition) is 1. The molecular weight excluding hydrogens is 340 g/mol. The molecule has 0 saturated carbocycles. The highest BCUT2D eigenvalue weighted by atomic mass is 35.5. The largest absolute Gasteiger partial charge is 0.493 e. The summed E-state index contributed by atoms with van der Waals surface area (Å²) in [5.41, 5.74) is 1.73. The Morgan fingerprint density at radius 3 is 2.80 bits per heavy atom. The van der Waals surface area contributed by atoms with Crippen molar-refractivity contribution in [3.05, 3.63) is 58.9 Å². The van der Waals surface area contributed by atoms with Crippen molar-refractivity contribution < 1.29 is 14.3 Å². The molecule has 0 aliphatic rings. The number of rotatable bonds is 8. The van der Waals surface area contributed by atoms with Gasteiger partial charge in [-0.2, -0.15) is 0 Å². The fourth-order valence-corrected chi connectivity index (χ4v) is 2.16. The number of amides is 1. The molecule has 0 saturated heterocycles. The molecule has 1 aromatic heterocycles. The minimum atomic E-state index is -0.194. The smallest absolute Gasteiger partial charge is 0.244 e. The number of carbonyl (C=O) groups is 1. The van der Waals surface area contributed by atoms with Crippen LogP contribution in [0.4, 0.5) is 0 Å². The number of aromatic nitrogens is 1. The highest BCUT2D eigenvalue weighted by Gasteiger charge is 2.05. The number of ether oxygens (including phenoxy) is 2. The summed E-state index contributed by atoms with van der Waals surface area (Å²) >= 11 is 5.73. The quantitative estimate of drug-likeness (QED) is 0.573. The summed E-state index contributed by atoms with van der Waals surface area (Å²) in [7, 11) is 1.59. The van der Waals surface area contributed by atoms with Gasteiger partial charge in [0.25, 0.3) is 0 Å². The predicted molar refractivity (Wildman–Crippen MR) is 98.9 cm³/mol. The monoisotopic (exact) mass is 360 g/mol. The lowest BCUT2D eigenvalue weighted by atomic mass is 10.2. The third-order valence-corrected chi connectivity index (χ3v) is 3.56. The molecule has 0 radical (unpaired) electrons. The normalized spacial score (nSPS) is 10.7. The van der Waals surface area contributed by atoms with Crippen molar-refractivity contribution in [1.82, 2.24) is 10.3 Å². The maximum absolute atomic E-state index is 11.9. The van der Waals surface area contributed by atoms with Crippen LogP contribution in [0.15, 0.2) is 42.6 Å². The molecule has 0 atom stereocenters. The average molecular weight is 361 g/mol. The van der Waals surface area contributed by atoms with E-state index in [4.69, 9.17) is 21.1 Å². The van der Waals surface area contributed by atoms with Crippen molar-refractivity contribution >= 4 is 23.6 Å². The second-order valence-electron chi connectivity index (χ2n) is 5.30. The molecular formula is C19H21ClN2O3. The van der Waals surface area contributed by atoms with Gasteiger partial charge in [0.2, 0.25) is 5.91 Å². The summed E-state index contributed by atoms with van der Waals surface area (Å²) in [6.45, 7) is 3.07. The van der Waals surface area contributed by atoms with Crippen LogP contribution in [0.5, 0.6) is 11.5 Å². The van der Waals surface area contributed by atoms with Crippen LogP contribution >= 0.6 is 11.6 Å². The Morgan fingerprint density at radius 2 is 2.12 bits per heavy atom. The molecule has 1 aromatic carbocycles. The fraction of sp³-hybridized carbons (Fsp3) is 0.263. The Kier molecular flexibility index (Phi) is 7.29. The van der Waals surface area contributed by atoms with E-state index in [2.05, 4.69) is 10.3 Å². The lowest BCUT2D eigenvalue weighted by Gasteiger charge is -2.10. The van der Waals surface area contributed by atoms with Crippen LogP contribution in [0.2, 0.25) is 5.15 Å². The van der Waals surface area contributed by atoms with Gasteiger partial charge in [-0.25, -0.2) is 4.98 Å². The molecule has 0 bridgehead atoms. The summed E-state index contributed by atoms with van der Waals surface area (Å²) in [5.74, 6) is 1.14. The van der Waals surface area contributed by atoms with Gasteiger partial charge in [-0.05, 0) is 41.8 Å². The van der Waals surface area contributed by atoms with Crippen molar-refractivity contribution in [1.29, 1.82) is 0 Å². The van der Waals surface area contributed by atoms with Crippen LogP contribution in [-0.4, -0.2) is 24.6 Å². The predicted octanol–water partition coefficient (Wildman–Crippen LogP) is 3.86. The summed E-state index contributed by atoms with van der Waals surface area (Å²) < 4.78 is 10.9. The molecule has 0 spiro atoms. The highest BCUT2D eigenvalue weighted by Crippen LogP contribution is 2.28. The lowest BCUT2D eigenvalue weighted by molar-refractivity contribution is -0.116. The number of hydrogen-bond acceptors (Lipinski definition) is 4. The zero-order chi connectivity index (χ0) is 18.1. The van der Waals surface area contributed by atoms with Gasteiger partial charge in [0, 0.05) is 18.8 Å². The first-order valence-corrected chi connectivity index (χ1v) is 8.37. The Morgan fingerprint density at radius 1 is 1.28 bits per heavy atom. The molecule has 5 nitrogen and oxygen atoms in total. The number of nitrogens with zero attached hydrogens (tertiary/aromatic N) is 1. The van der Waals surface area contributed by atoms with Crippen LogP contribution in [-0.2, 0) is 11.3 Å². The SMILES string of the molecule is CCCOc1ccc(/C=C/C(=O)NCc2ccc(Cl)nc2)cc1OC. The van der Waals surface area contributed by atoms with Gasteiger partial charge in [-0.1, -0.05) is 30.7 Å². The standard InChI is InChI=1S/C19H21ClN2O3/c1-3-10-25-16-7-4-14(11-17(16)24-2)6-9-19(23)22-13-15-5-8-18(20)21-12-15/h4-9,11-12H,3,10,13H2,1-2H3,(H,22,23)/b9-6+. The molecule has 132 valence electrons. The zero-order valence-electron chi connectivity index (χ0n) is 14.3. The van der Waals surface area contributed by atoms with Crippen molar-refractivity contribution in [2.75, 3.05) is 13.7 Å². The van der Waals surface area contributed by atoms with Crippen molar-refractivity contribution in [3.63, 3.8) is 0 Å². The molecule has 0 aliphatic carbocycles. The van der Waals surface area contributed by atoms with Crippen molar-refractivity contribution in [2.45, 2.75) is 19.9 Å². The second-order valence-corrected chi connectivity index (χ2v) is 5.69. The van der Waals surface area contributed by atoms with Crippen LogP contribution in [0.3, 0.4) is 0 Å². The first kappa shape index (κ1) is 18.8. The van der Waals surface area contributed by atoms with Gasteiger partial charge in [0.15, 0.2) is 11.5 Å². The summed E-state index contributed by atoms with van der Waals surface area (Å²) in [4.78, 5) is 15.9. The average Bonchev–Trinajstić information content (AvgIpc) is 2.64. The third-order valence-electron chi connectivity index (χ3n) is 3.33. The molecule has 0 aliphatic heterocycles. The Hall–Kier alpha value is -2.53. The van der Waals surface area contributed by atoms with E-state index in [1.807, 2.05) is 31.2 Å². The minimum Gasteiger partial charge on any atom is -0.493 e.